The highest BCUT2D eigenvalue weighted by molar-refractivity contribution is 7.92. The summed E-state index contributed by atoms with van der Waals surface area (Å²) in [6.07, 6.45) is 3.31. The molecule has 1 fully saturated rings. The van der Waals surface area contributed by atoms with E-state index in [1.807, 2.05) is 0 Å². The fourth-order valence-electron chi connectivity index (χ4n) is 2.98. The lowest BCUT2D eigenvalue weighted by Gasteiger charge is -2.26. The molecule has 0 bridgehead atoms. The largest absolute Gasteiger partial charge is 0.255 e. The van der Waals surface area contributed by atoms with Crippen molar-refractivity contribution in [3.8, 4) is 0 Å². The van der Waals surface area contributed by atoms with Crippen molar-refractivity contribution in [1.82, 2.24) is 9.29 Å². The molecule has 0 saturated carbocycles. The van der Waals surface area contributed by atoms with E-state index < -0.39 is 25.9 Å². The molecule has 8 heteroatoms. The van der Waals surface area contributed by atoms with Gasteiger partial charge in [0.1, 0.15) is 4.90 Å². The fraction of sp³-hybridized carbons (Fsp3) is 0.312. The summed E-state index contributed by atoms with van der Waals surface area (Å²) < 4.78 is 51.1. The molecule has 0 amide bonds. The quantitative estimate of drug-likeness (QED) is 0.751. The molecule has 0 N–H and O–H groups in total. The topological polar surface area (TPSA) is 84.4 Å². The average Bonchev–Trinajstić information content (AvgIpc) is 2.91. The van der Waals surface area contributed by atoms with E-state index in [4.69, 9.17) is 0 Å². The maximum Gasteiger partial charge on any atom is 0.245 e. The first-order chi connectivity index (χ1) is 11.3. The van der Waals surface area contributed by atoms with E-state index in [2.05, 4.69) is 11.6 Å². The van der Waals surface area contributed by atoms with E-state index in [1.54, 1.807) is 30.5 Å². The normalized spacial score (nSPS) is 20.5. The first-order valence-electron chi connectivity index (χ1n) is 7.52. The van der Waals surface area contributed by atoms with E-state index in [9.17, 15) is 16.8 Å². The van der Waals surface area contributed by atoms with Gasteiger partial charge in [-0.3, -0.25) is 4.98 Å². The number of pyridine rings is 1. The lowest BCUT2D eigenvalue weighted by molar-refractivity contribution is 0.368. The maximum absolute atomic E-state index is 13.2. The number of para-hydroxylation sites is 1. The summed E-state index contributed by atoms with van der Waals surface area (Å²) in [4.78, 5) is 4.28. The Morgan fingerprint density at radius 1 is 1.29 bits per heavy atom. The summed E-state index contributed by atoms with van der Waals surface area (Å²) in [6, 6.07) is 7.91. The van der Waals surface area contributed by atoms with Crippen LogP contribution >= 0.6 is 0 Å². The van der Waals surface area contributed by atoms with E-state index in [0.717, 1.165) is 5.39 Å². The van der Waals surface area contributed by atoms with Gasteiger partial charge in [0.25, 0.3) is 0 Å². The second-order valence-corrected chi connectivity index (χ2v) is 9.84. The van der Waals surface area contributed by atoms with Crippen LogP contribution in [-0.4, -0.2) is 50.2 Å². The monoisotopic (exact) mass is 366 g/mol. The van der Waals surface area contributed by atoms with Crippen LogP contribution in [-0.2, 0) is 19.9 Å². The van der Waals surface area contributed by atoms with Crippen LogP contribution in [0.15, 0.2) is 54.1 Å². The Bertz CT molecular complexity index is 979. The molecule has 0 radical (unpaired) electrons. The van der Waals surface area contributed by atoms with Gasteiger partial charge in [-0.2, -0.15) is 4.31 Å². The summed E-state index contributed by atoms with van der Waals surface area (Å²) in [5, 5.41) is 0.719. The molecule has 0 unspecified atom stereocenters. The van der Waals surface area contributed by atoms with Crippen LogP contribution in [0.4, 0.5) is 0 Å². The zero-order valence-electron chi connectivity index (χ0n) is 13.0. The number of sulfonamides is 1. The Morgan fingerprint density at radius 3 is 2.71 bits per heavy atom. The zero-order chi connectivity index (χ0) is 17.4. The van der Waals surface area contributed by atoms with Crippen molar-refractivity contribution in [2.45, 2.75) is 17.4 Å². The fourth-order valence-corrected chi connectivity index (χ4v) is 6.60. The van der Waals surface area contributed by atoms with Gasteiger partial charge < -0.3 is 0 Å². The summed E-state index contributed by atoms with van der Waals surface area (Å²) >= 11 is 0. The van der Waals surface area contributed by atoms with Crippen molar-refractivity contribution in [1.29, 1.82) is 0 Å². The minimum Gasteiger partial charge on any atom is -0.255 e. The Hall–Kier alpha value is -1.77. The van der Waals surface area contributed by atoms with Crippen LogP contribution < -0.4 is 0 Å². The van der Waals surface area contributed by atoms with Crippen LogP contribution in [0.3, 0.4) is 0 Å². The smallest absolute Gasteiger partial charge is 0.245 e. The summed E-state index contributed by atoms with van der Waals surface area (Å²) in [5.41, 5.74) is 0.384. The van der Waals surface area contributed by atoms with Crippen LogP contribution in [0.1, 0.15) is 6.42 Å². The number of hydrogen-bond acceptors (Lipinski definition) is 5. The first-order valence-corrected chi connectivity index (χ1v) is 10.8. The Labute approximate surface area is 141 Å². The minimum absolute atomic E-state index is 0.00855. The first kappa shape index (κ1) is 17.1. The molecule has 1 saturated heterocycles. The molecule has 2 aromatic rings. The van der Waals surface area contributed by atoms with E-state index in [0.29, 0.717) is 11.9 Å². The van der Waals surface area contributed by atoms with Gasteiger partial charge in [0.05, 0.1) is 17.0 Å². The van der Waals surface area contributed by atoms with Crippen LogP contribution in [0.2, 0.25) is 0 Å². The number of rotatable bonds is 5. The standard InChI is InChI=1S/C16H18N2O4S2/c1-2-10-18(14-8-11-23(19,20)12-14)24(21,22)15-7-3-5-13-6-4-9-17-16(13)15/h2-7,9,14H,1,8,10-12H2/t14-/m1/s1. The highest BCUT2D eigenvalue weighted by Gasteiger charge is 2.38. The molecule has 24 heavy (non-hydrogen) atoms. The molecular weight excluding hydrogens is 348 g/mol. The van der Waals surface area contributed by atoms with E-state index >= 15 is 0 Å². The van der Waals surface area contributed by atoms with E-state index in [1.165, 1.54) is 16.4 Å². The molecule has 2 heterocycles. The summed E-state index contributed by atoms with van der Waals surface area (Å²) in [5.74, 6) is -0.146. The maximum atomic E-state index is 13.2. The van der Waals surface area contributed by atoms with Crippen LogP contribution in [0.5, 0.6) is 0 Å². The summed E-state index contributed by atoms with van der Waals surface area (Å²) in [6.45, 7) is 3.67. The predicted octanol–water partition coefficient (Wildman–Crippen LogP) is 1.60. The van der Waals surface area contributed by atoms with Gasteiger partial charge in [-0.05, 0) is 18.6 Å². The van der Waals surface area contributed by atoms with Gasteiger partial charge in [-0.15, -0.1) is 6.58 Å². The van der Waals surface area contributed by atoms with Crippen molar-refractivity contribution in [2.24, 2.45) is 0 Å². The number of aromatic nitrogens is 1. The molecule has 3 rings (SSSR count). The molecule has 1 aliphatic rings. The number of sulfone groups is 1. The number of fused-ring (bicyclic) bond motifs is 1. The minimum atomic E-state index is -3.89. The molecule has 1 atom stereocenters. The second-order valence-electron chi connectivity index (χ2n) is 5.75. The molecule has 0 aliphatic carbocycles. The SMILES string of the molecule is C=CCN([C@@H]1CCS(=O)(=O)C1)S(=O)(=O)c1cccc2cccnc12. The number of benzene rings is 1. The lowest BCUT2D eigenvalue weighted by Crippen LogP contribution is -2.41. The Balaban J connectivity index is 2.10. The van der Waals surface area contributed by atoms with Gasteiger partial charge in [0.15, 0.2) is 9.84 Å². The molecule has 1 aromatic carbocycles. The number of nitrogens with zero attached hydrogens (tertiary/aromatic N) is 2. The third-order valence-corrected chi connectivity index (χ3v) is 7.81. The third kappa shape index (κ3) is 3.09. The molecular formula is C16H18N2O4S2. The third-order valence-electron chi connectivity index (χ3n) is 4.11. The van der Waals surface area contributed by atoms with E-state index in [-0.39, 0.29) is 22.9 Å². The van der Waals surface area contributed by atoms with Crippen molar-refractivity contribution in [3.05, 3.63) is 49.2 Å². The van der Waals surface area contributed by atoms with Crippen molar-refractivity contribution < 1.29 is 16.8 Å². The van der Waals surface area contributed by atoms with Gasteiger partial charge in [0.2, 0.25) is 10.0 Å². The molecule has 1 aromatic heterocycles. The van der Waals surface area contributed by atoms with Gasteiger partial charge in [-0.25, -0.2) is 16.8 Å². The molecule has 128 valence electrons. The average molecular weight is 366 g/mol. The van der Waals surface area contributed by atoms with Crippen molar-refractivity contribution >= 4 is 30.8 Å². The molecule has 0 spiro atoms. The summed E-state index contributed by atoms with van der Waals surface area (Å²) in [7, 11) is -7.09. The van der Waals surface area contributed by atoms with Crippen LogP contribution in [0.25, 0.3) is 10.9 Å². The Morgan fingerprint density at radius 2 is 2.04 bits per heavy atom. The lowest BCUT2D eigenvalue weighted by atomic mass is 10.2. The second kappa shape index (κ2) is 6.27. The highest BCUT2D eigenvalue weighted by atomic mass is 32.2. The van der Waals surface area contributed by atoms with Gasteiger partial charge >= 0.3 is 0 Å². The van der Waals surface area contributed by atoms with Gasteiger partial charge in [-0.1, -0.05) is 24.3 Å². The van der Waals surface area contributed by atoms with Crippen molar-refractivity contribution in [3.63, 3.8) is 0 Å². The zero-order valence-corrected chi connectivity index (χ0v) is 14.6. The number of hydrogen-bond donors (Lipinski definition) is 0. The van der Waals surface area contributed by atoms with Gasteiger partial charge in [0, 0.05) is 24.2 Å². The molecule has 1 aliphatic heterocycles. The highest BCUT2D eigenvalue weighted by Crippen LogP contribution is 2.28. The Kier molecular flexibility index (Phi) is 4.46. The van der Waals surface area contributed by atoms with Crippen LogP contribution in [0, 0.1) is 0 Å². The van der Waals surface area contributed by atoms with Crippen molar-refractivity contribution in [2.75, 3.05) is 18.1 Å². The predicted molar refractivity (Wildman–Crippen MR) is 92.9 cm³/mol. The molecule has 6 nitrogen and oxygen atoms in total.